The SMILES string of the molecule is O=C(COC(=O)CCC(=O)c1ccc(F)cc1)NNC(=O)c1ccco1. The zero-order valence-electron chi connectivity index (χ0n) is 13.5. The van der Waals surface area contributed by atoms with E-state index in [2.05, 4.69) is 5.43 Å². The second kappa shape index (κ2) is 9.11. The maximum atomic E-state index is 12.8. The van der Waals surface area contributed by atoms with Crippen LogP contribution in [0.4, 0.5) is 4.39 Å². The van der Waals surface area contributed by atoms with Gasteiger partial charge >= 0.3 is 11.9 Å². The van der Waals surface area contributed by atoms with Crippen molar-refractivity contribution in [2.24, 2.45) is 0 Å². The summed E-state index contributed by atoms with van der Waals surface area (Å²) >= 11 is 0. The van der Waals surface area contributed by atoms with Crippen LogP contribution in [0.1, 0.15) is 33.8 Å². The topological polar surface area (TPSA) is 115 Å². The predicted molar refractivity (Wildman–Crippen MR) is 85.2 cm³/mol. The lowest BCUT2D eigenvalue weighted by molar-refractivity contribution is -0.148. The standard InChI is InChI=1S/C17H15FN2O6/c18-12-5-3-11(4-6-12)13(21)7-8-16(23)26-10-15(22)19-20-17(24)14-2-1-9-25-14/h1-6,9H,7-8,10H2,(H,19,22)(H,20,24). The fourth-order valence-corrected chi connectivity index (χ4v) is 1.85. The van der Waals surface area contributed by atoms with Crippen LogP contribution in [0.15, 0.2) is 47.1 Å². The summed E-state index contributed by atoms with van der Waals surface area (Å²) in [7, 11) is 0. The van der Waals surface area contributed by atoms with E-state index in [4.69, 9.17) is 9.15 Å². The Morgan fingerprint density at radius 3 is 2.38 bits per heavy atom. The first kappa shape index (κ1) is 18.8. The molecule has 2 aromatic rings. The Morgan fingerprint density at radius 1 is 1.00 bits per heavy atom. The highest BCUT2D eigenvalue weighted by molar-refractivity contribution is 5.97. The number of amides is 2. The zero-order valence-corrected chi connectivity index (χ0v) is 13.5. The lowest BCUT2D eigenvalue weighted by atomic mass is 10.1. The molecule has 0 saturated carbocycles. The third kappa shape index (κ3) is 5.86. The minimum atomic E-state index is -0.761. The van der Waals surface area contributed by atoms with Crippen molar-refractivity contribution in [2.75, 3.05) is 6.61 Å². The van der Waals surface area contributed by atoms with E-state index in [-0.39, 0.29) is 29.9 Å². The number of carbonyl (C=O) groups excluding carboxylic acids is 4. The molecule has 2 amide bonds. The van der Waals surface area contributed by atoms with Gasteiger partial charge in [-0.05, 0) is 36.4 Å². The third-order valence-electron chi connectivity index (χ3n) is 3.15. The van der Waals surface area contributed by atoms with Gasteiger partial charge in [0.1, 0.15) is 5.82 Å². The van der Waals surface area contributed by atoms with E-state index in [0.29, 0.717) is 0 Å². The molecule has 0 atom stereocenters. The zero-order chi connectivity index (χ0) is 18.9. The van der Waals surface area contributed by atoms with Gasteiger partial charge in [0, 0.05) is 12.0 Å². The lowest BCUT2D eigenvalue weighted by Gasteiger charge is -2.07. The lowest BCUT2D eigenvalue weighted by Crippen LogP contribution is -2.43. The Labute approximate surface area is 147 Å². The molecule has 26 heavy (non-hydrogen) atoms. The molecule has 1 heterocycles. The molecule has 0 saturated heterocycles. The van der Waals surface area contributed by atoms with Crippen LogP contribution < -0.4 is 10.9 Å². The highest BCUT2D eigenvalue weighted by atomic mass is 19.1. The molecule has 1 aromatic carbocycles. The number of ketones is 1. The van der Waals surface area contributed by atoms with Gasteiger partial charge in [0.15, 0.2) is 18.2 Å². The number of benzene rings is 1. The molecule has 136 valence electrons. The molecular formula is C17H15FN2O6. The summed E-state index contributed by atoms with van der Waals surface area (Å²) in [6, 6.07) is 7.83. The van der Waals surface area contributed by atoms with Crippen molar-refractivity contribution in [2.45, 2.75) is 12.8 Å². The number of rotatable bonds is 7. The molecule has 2 rings (SSSR count). The van der Waals surface area contributed by atoms with Crippen molar-refractivity contribution in [3.8, 4) is 0 Å². The number of nitrogens with one attached hydrogen (secondary N) is 2. The Balaban J connectivity index is 1.64. The van der Waals surface area contributed by atoms with E-state index in [0.717, 1.165) is 12.1 Å². The number of halogens is 1. The maximum absolute atomic E-state index is 12.8. The highest BCUT2D eigenvalue weighted by Gasteiger charge is 2.13. The van der Waals surface area contributed by atoms with Crippen molar-refractivity contribution < 1.29 is 32.7 Å². The first-order valence-electron chi connectivity index (χ1n) is 7.53. The molecule has 0 unspecified atom stereocenters. The van der Waals surface area contributed by atoms with Crippen LogP contribution in [0.2, 0.25) is 0 Å². The van der Waals surface area contributed by atoms with Gasteiger partial charge in [-0.2, -0.15) is 0 Å². The molecule has 2 N–H and O–H groups in total. The Kier molecular flexibility index (Phi) is 6.60. The molecule has 0 aliphatic carbocycles. The number of hydrogen-bond acceptors (Lipinski definition) is 6. The molecule has 1 aromatic heterocycles. The van der Waals surface area contributed by atoms with Gasteiger partial charge in [-0.15, -0.1) is 0 Å². The molecule has 0 radical (unpaired) electrons. The van der Waals surface area contributed by atoms with Crippen molar-refractivity contribution in [1.29, 1.82) is 0 Å². The average molecular weight is 362 g/mol. The van der Waals surface area contributed by atoms with Gasteiger partial charge in [0.05, 0.1) is 12.7 Å². The summed E-state index contributed by atoms with van der Waals surface area (Å²) in [5.41, 5.74) is 4.40. The number of hydrazine groups is 1. The van der Waals surface area contributed by atoms with Crippen LogP contribution in [0.3, 0.4) is 0 Å². The number of ether oxygens (including phenoxy) is 1. The van der Waals surface area contributed by atoms with Gasteiger partial charge in [0.25, 0.3) is 5.91 Å². The van der Waals surface area contributed by atoms with Crippen LogP contribution in [0.25, 0.3) is 0 Å². The summed E-state index contributed by atoms with van der Waals surface area (Å²) in [4.78, 5) is 46.3. The van der Waals surface area contributed by atoms with E-state index in [1.54, 1.807) is 0 Å². The number of Topliss-reactive ketones (excluding diaryl/α,β-unsaturated/α-hetero) is 1. The summed E-state index contributed by atoms with van der Waals surface area (Å²) in [5.74, 6) is -3.00. The van der Waals surface area contributed by atoms with Gasteiger partial charge in [-0.1, -0.05) is 0 Å². The number of esters is 1. The Hall–Kier alpha value is -3.49. The monoisotopic (exact) mass is 362 g/mol. The third-order valence-corrected chi connectivity index (χ3v) is 3.15. The van der Waals surface area contributed by atoms with E-state index in [9.17, 15) is 23.6 Å². The van der Waals surface area contributed by atoms with E-state index in [1.165, 1.54) is 30.5 Å². The summed E-state index contributed by atoms with van der Waals surface area (Å²) in [6.07, 6.45) is 0.926. The van der Waals surface area contributed by atoms with E-state index in [1.807, 2.05) is 5.43 Å². The van der Waals surface area contributed by atoms with Crippen molar-refractivity contribution in [1.82, 2.24) is 10.9 Å². The van der Waals surface area contributed by atoms with Crippen LogP contribution in [-0.2, 0) is 14.3 Å². The van der Waals surface area contributed by atoms with Crippen molar-refractivity contribution in [3.05, 3.63) is 59.8 Å². The second-order valence-corrected chi connectivity index (χ2v) is 5.07. The minimum Gasteiger partial charge on any atom is -0.459 e. The van der Waals surface area contributed by atoms with Crippen molar-refractivity contribution >= 4 is 23.6 Å². The average Bonchev–Trinajstić information content (AvgIpc) is 3.17. The van der Waals surface area contributed by atoms with E-state index < -0.39 is 30.2 Å². The number of furan rings is 1. The molecular weight excluding hydrogens is 347 g/mol. The molecule has 0 aliphatic rings. The van der Waals surface area contributed by atoms with Crippen LogP contribution >= 0.6 is 0 Å². The van der Waals surface area contributed by atoms with Crippen LogP contribution in [-0.4, -0.2) is 30.2 Å². The Morgan fingerprint density at radius 2 is 1.73 bits per heavy atom. The smallest absolute Gasteiger partial charge is 0.306 e. The van der Waals surface area contributed by atoms with Gasteiger partial charge in [0.2, 0.25) is 0 Å². The molecule has 0 spiro atoms. The maximum Gasteiger partial charge on any atom is 0.306 e. The molecule has 0 fully saturated rings. The van der Waals surface area contributed by atoms with E-state index >= 15 is 0 Å². The fraction of sp³-hybridized carbons (Fsp3) is 0.176. The summed E-state index contributed by atoms with van der Waals surface area (Å²) in [5, 5.41) is 0. The number of carbonyl (C=O) groups is 4. The highest BCUT2D eigenvalue weighted by Crippen LogP contribution is 2.07. The second-order valence-electron chi connectivity index (χ2n) is 5.07. The van der Waals surface area contributed by atoms with Gasteiger partial charge in [-0.3, -0.25) is 30.0 Å². The van der Waals surface area contributed by atoms with Gasteiger partial charge in [-0.25, -0.2) is 4.39 Å². The first-order valence-corrected chi connectivity index (χ1v) is 7.53. The van der Waals surface area contributed by atoms with Crippen LogP contribution in [0, 0.1) is 5.82 Å². The Bertz CT molecular complexity index is 786. The summed E-state index contributed by atoms with van der Waals surface area (Å²) < 4.78 is 22.3. The number of hydrogen-bond donors (Lipinski definition) is 2. The minimum absolute atomic E-state index is 0.00148. The molecule has 9 heteroatoms. The molecule has 0 aliphatic heterocycles. The predicted octanol–water partition coefficient (Wildman–Crippen LogP) is 1.39. The molecule has 0 bridgehead atoms. The molecule has 8 nitrogen and oxygen atoms in total. The van der Waals surface area contributed by atoms with Gasteiger partial charge < -0.3 is 9.15 Å². The fourth-order valence-electron chi connectivity index (χ4n) is 1.85. The quantitative estimate of drug-likeness (QED) is 0.437. The van der Waals surface area contributed by atoms with Crippen molar-refractivity contribution in [3.63, 3.8) is 0 Å². The normalized spacial score (nSPS) is 10.0. The summed E-state index contributed by atoms with van der Waals surface area (Å²) in [6.45, 7) is -0.623. The van der Waals surface area contributed by atoms with Crippen LogP contribution in [0.5, 0.6) is 0 Å². The largest absolute Gasteiger partial charge is 0.459 e. The first-order chi connectivity index (χ1) is 12.5.